The molecule has 0 aliphatic carbocycles. The van der Waals surface area contributed by atoms with E-state index in [1.807, 2.05) is 0 Å². The van der Waals surface area contributed by atoms with Crippen molar-refractivity contribution >= 4 is 15.7 Å². The lowest BCUT2D eigenvalue weighted by atomic mass is 10.3. The van der Waals surface area contributed by atoms with E-state index < -0.39 is 15.8 Å². The molecule has 2 rings (SSSR count). The number of para-hydroxylation sites is 1. The Labute approximate surface area is 110 Å². The highest BCUT2D eigenvalue weighted by atomic mass is 32.2. The predicted molar refractivity (Wildman–Crippen MR) is 70.2 cm³/mol. The number of nitrogens with one attached hydrogen (secondary N) is 1. The highest BCUT2D eigenvalue weighted by Gasteiger charge is 2.16. The minimum atomic E-state index is -3.76. The molecule has 0 aliphatic heterocycles. The lowest BCUT2D eigenvalue weighted by Crippen LogP contribution is -2.13. The van der Waals surface area contributed by atoms with Crippen molar-refractivity contribution in [1.29, 1.82) is 0 Å². The number of methoxy groups -OCH3 is 1. The third-order valence-electron chi connectivity index (χ3n) is 2.46. The second kappa shape index (κ2) is 5.27. The van der Waals surface area contributed by atoms with Gasteiger partial charge in [-0.2, -0.15) is 0 Å². The Morgan fingerprint density at radius 2 is 1.79 bits per heavy atom. The summed E-state index contributed by atoms with van der Waals surface area (Å²) in [5, 5.41) is 0. The van der Waals surface area contributed by atoms with Crippen LogP contribution in [0.2, 0.25) is 0 Å². The Kier molecular flexibility index (Phi) is 3.71. The first-order valence-electron chi connectivity index (χ1n) is 5.44. The van der Waals surface area contributed by atoms with E-state index in [1.165, 1.54) is 13.2 Å². The summed E-state index contributed by atoms with van der Waals surface area (Å²) in [5.41, 5.74) is 0.436. The highest BCUT2D eigenvalue weighted by molar-refractivity contribution is 7.92. The molecule has 1 N–H and O–H groups in total. The van der Waals surface area contributed by atoms with Crippen LogP contribution < -0.4 is 9.46 Å². The molecule has 0 unspecified atom stereocenters. The van der Waals surface area contributed by atoms with Gasteiger partial charge < -0.3 is 4.74 Å². The number of anilines is 1. The van der Waals surface area contributed by atoms with Crippen LogP contribution in [-0.4, -0.2) is 15.5 Å². The van der Waals surface area contributed by atoms with E-state index in [-0.39, 0.29) is 10.6 Å². The molecule has 0 saturated heterocycles. The van der Waals surface area contributed by atoms with Gasteiger partial charge in [0.05, 0.1) is 12.0 Å². The summed E-state index contributed by atoms with van der Waals surface area (Å²) in [7, 11) is -2.48. The second-order valence-electron chi connectivity index (χ2n) is 3.77. The van der Waals surface area contributed by atoms with E-state index in [1.54, 1.807) is 30.3 Å². The zero-order valence-corrected chi connectivity index (χ0v) is 10.9. The Hall–Kier alpha value is -2.08. The lowest BCUT2D eigenvalue weighted by Gasteiger charge is -2.09. The largest absolute Gasteiger partial charge is 0.494 e. The van der Waals surface area contributed by atoms with E-state index >= 15 is 0 Å². The first kappa shape index (κ1) is 13.4. The van der Waals surface area contributed by atoms with E-state index in [4.69, 9.17) is 4.74 Å². The zero-order chi connectivity index (χ0) is 13.9. The fourth-order valence-corrected chi connectivity index (χ4v) is 2.60. The molecule has 0 atom stereocenters. The predicted octanol–water partition coefficient (Wildman–Crippen LogP) is 2.64. The molecule has 0 heterocycles. The average Bonchev–Trinajstić information content (AvgIpc) is 2.39. The number of halogens is 1. The minimum absolute atomic E-state index is 0.0606. The first-order chi connectivity index (χ1) is 9.03. The molecule has 100 valence electrons. The third-order valence-corrected chi connectivity index (χ3v) is 3.84. The summed E-state index contributed by atoms with van der Waals surface area (Å²) >= 11 is 0. The number of rotatable bonds is 4. The first-order valence-corrected chi connectivity index (χ1v) is 6.92. The maximum atomic E-state index is 13.2. The van der Waals surface area contributed by atoms with Crippen LogP contribution >= 0.6 is 0 Å². The van der Waals surface area contributed by atoms with E-state index in [0.717, 1.165) is 12.1 Å². The van der Waals surface area contributed by atoms with Gasteiger partial charge in [0.15, 0.2) is 11.6 Å². The molecule has 0 spiro atoms. The summed E-state index contributed by atoms with van der Waals surface area (Å²) in [6, 6.07) is 11.8. The Morgan fingerprint density at radius 1 is 1.11 bits per heavy atom. The molecule has 0 bridgehead atoms. The van der Waals surface area contributed by atoms with Crippen LogP contribution in [0.1, 0.15) is 0 Å². The second-order valence-corrected chi connectivity index (χ2v) is 5.45. The summed E-state index contributed by atoms with van der Waals surface area (Å²) < 4.78 is 44.6. The fourth-order valence-electron chi connectivity index (χ4n) is 1.53. The molecular weight excluding hydrogens is 269 g/mol. The fraction of sp³-hybridized carbons (Fsp3) is 0.0769. The number of sulfonamides is 1. The molecule has 0 radical (unpaired) electrons. The van der Waals surface area contributed by atoms with Crippen molar-refractivity contribution in [3.63, 3.8) is 0 Å². The van der Waals surface area contributed by atoms with Gasteiger partial charge in [0.1, 0.15) is 0 Å². The number of hydrogen-bond acceptors (Lipinski definition) is 3. The van der Waals surface area contributed by atoms with Crippen LogP contribution in [0.15, 0.2) is 53.4 Å². The van der Waals surface area contributed by atoms with Crippen molar-refractivity contribution in [2.24, 2.45) is 0 Å². The Balaban J connectivity index is 2.35. The summed E-state index contributed by atoms with van der Waals surface area (Å²) in [6.45, 7) is 0. The molecule has 6 heteroatoms. The molecule has 4 nitrogen and oxygen atoms in total. The van der Waals surface area contributed by atoms with Gasteiger partial charge in [0.25, 0.3) is 10.0 Å². The Morgan fingerprint density at radius 3 is 2.42 bits per heavy atom. The number of benzene rings is 2. The molecule has 0 saturated carbocycles. The van der Waals surface area contributed by atoms with E-state index in [2.05, 4.69) is 4.72 Å². The summed E-state index contributed by atoms with van der Waals surface area (Å²) in [5.74, 6) is -0.725. The zero-order valence-electron chi connectivity index (χ0n) is 10.1. The van der Waals surface area contributed by atoms with Crippen LogP contribution in [0, 0.1) is 5.82 Å². The normalized spacial score (nSPS) is 11.1. The van der Waals surface area contributed by atoms with Gasteiger partial charge in [-0.1, -0.05) is 18.2 Å². The van der Waals surface area contributed by atoms with Crippen molar-refractivity contribution in [2.45, 2.75) is 4.90 Å². The van der Waals surface area contributed by atoms with Gasteiger partial charge in [-0.15, -0.1) is 0 Å². The monoisotopic (exact) mass is 281 g/mol. The van der Waals surface area contributed by atoms with Gasteiger partial charge in [-0.3, -0.25) is 4.72 Å². The summed E-state index contributed by atoms with van der Waals surface area (Å²) in [6.07, 6.45) is 0. The molecular formula is C13H12FNO3S. The van der Waals surface area contributed by atoms with Crippen LogP contribution in [0.3, 0.4) is 0 Å². The van der Waals surface area contributed by atoms with Crippen molar-refractivity contribution < 1.29 is 17.5 Å². The van der Waals surface area contributed by atoms with E-state index in [0.29, 0.717) is 5.69 Å². The van der Waals surface area contributed by atoms with Crippen molar-refractivity contribution in [3.05, 3.63) is 54.3 Å². The maximum absolute atomic E-state index is 13.2. The molecule has 0 amide bonds. The quantitative estimate of drug-likeness (QED) is 0.937. The van der Waals surface area contributed by atoms with Gasteiger partial charge in [-0.25, -0.2) is 12.8 Å². The van der Waals surface area contributed by atoms with Crippen LogP contribution in [0.5, 0.6) is 5.75 Å². The van der Waals surface area contributed by atoms with Crippen molar-refractivity contribution in [3.8, 4) is 5.75 Å². The highest BCUT2D eigenvalue weighted by Crippen LogP contribution is 2.23. The molecule has 2 aromatic rings. The van der Waals surface area contributed by atoms with Gasteiger partial charge >= 0.3 is 0 Å². The summed E-state index contributed by atoms with van der Waals surface area (Å²) in [4.78, 5) is -0.0606. The molecule has 0 fully saturated rings. The van der Waals surface area contributed by atoms with Gasteiger partial charge in [0.2, 0.25) is 0 Å². The lowest BCUT2D eigenvalue weighted by molar-refractivity contribution is 0.385. The molecule has 19 heavy (non-hydrogen) atoms. The number of ether oxygens (including phenoxy) is 1. The SMILES string of the molecule is COc1cc(S(=O)(=O)Nc2ccccc2)ccc1F. The molecule has 0 aliphatic rings. The van der Waals surface area contributed by atoms with Crippen LogP contribution in [0.25, 0.3) is 0 Å². The molecule has 2 aromatic carbocycles. The van der Waals surface area contributed by atoms with Crippen LogP contribution in [0.4, 0.5) is 10.1 Å². The van der Waals surface area contributed by atoms with Crippen molar-refractivity contribution in [1.82, 2.24) is 0 Å². The average molecular weight is 281 g/mol. The molecule has 0 aromatic heterocycles. The maximum Gasteiger partial charge on any atom is 0.262 e. The number of hydrogen-bond donors (Lipinski definition) is 1. The van der Waals surface area contributed by atoms with Crippen LogP contribution in [-0.2, 0) is 10.0 Å². The minimum Gasteiger partial charge on any atom is -0.494 e. The van der Waals surface area contributed by atoms with Crippen molar-refractivity contribution in [2.75, 3.05) is 11.8 Å². The standard InChI is InChI=1S/C13H12FNO3S/c1-18-13-9-11(7-8-12(13)14)19(16,17)15-10-5-3-2-4-6-10/h2-9,15H,1H3. The topological polar surface area (TPSA) is 55.4 Å². The Bertz CT molecular complexity index is 672. The smallest absolute Gasteiger partial charge is 0.262 e. The van der Waals surface area contributed by atoms with Gasteiger partial charge in [0, 0.05) is 11.8 Å². The third kappa shape index (κ3) is 3.03. The van der Waals surface area contributed by atoms with E-state index in [9.17, 15) is 12.8 Å². The van der Waals surface area contributed by atoms with Gasteiger partial charge in [-0.05, 0) is 24.3 Å².